The molecule has 1 amide bonds. The molecule has 0 saturated heterocycles. The number of amides is 1. The van der Waals surface area contributed by atoms with Crippen molar-refractivity contribution in [2.24, 2.45) is 16.3 Å². The van der Waals surface area contributed by atoms with Crippen molar-refractivity contribution >= 4 is 22.8 Å². The summed E-state index contributed by atoms with van der Waals surface area (Å²) in [4.78, 5) is 20.5. The fraction of sp³-hybridized carbons (Fsp3) is 0.286. The van der Waals surface area contributed by atoms with Gasteiger partial charge in [0.1, 0.15) is 11.5 Å². The molecule has 0 aliphatic rings. The van der Waals surface area contributed by atoms with Crippen molar-refractivity contribution in [1.82, 2.24) is 15.3 Å². The Morgan fingerprint density at radius 3 is 2.71 bits per heavy atom. The number of amidine groups is 1. The average molecular weight is 287 g/mol. The molecule has 0 bridgehead atoms. The number of oxime groups is 1. The van der Waals surface area contributed by atoms with Crippen molar-refractivity contribution < 1.29 is 10.0 Å². The third-order valence-corrected chi connectivity index (χ3v) is 3.17. The number of benzene rings is 1. The lowest BCUT2D eigenvalue weighted by molar-refractivity contribution is 0.0939. The van der Waals surface area contributed by atoms with E-state index < -0.39 is 5.41 Å². The van der Waals surface area contributed by atoms with Crippen molar-refractivity contribution in [2.45, 2.75) is 13.8 Å². The number of nitrogens with one attached hydrogen (secondary N) is 1. The molecule has 1 aromatic heterocycles. The number of carbonyl (C=O) groups excluding carboxylic acids is 1. The minimum Gasteiger partial charge on any atom is -0.409 e. The van der Waals surface area contributed by atoms with E-state index in [1.54, 1.807) is 19.9 Å². The number of rotatable bonds is 4. The van der Waals surface area contributed by atoms with Gasteiger partial charge in [-0.1, -0.05) is 31.1 Å². The predicted octanol–water partition coefficient (Wildman–Crippen LogP) is 1.13. The summed E-state index contributed by atoms with van der Waals surface area (Å²) in [6, 6.07) is 7.31. The predicted molar refractivity (Wildman–Crippen MR) is 79.1 cm³/mol. The number of carbonyl (C=O) groups is 1. The highest BCUT2D eigenvalue weighted by Gasteiger charge is 2.24. The molecule has 4 N–H and O–H groups in total. The number of nitrogens with zero attached hydrogens (tertiary/aromatic N) is 3. The first-order chi connectivity index (χ1) is 9.94. The number of fused-ring (bicyclic) bond motifs is 1. The highest BCUT2D eigenvalue weighted by Crippen LogP contribution is 2.14. The van der Waals surface area contributed by atoms with Gasteiger partial charge in [-0.3, -0.25) is 9.78 Å². The molecule has 0 aliphatic carbocycles. The minimum absolute atomic E-state index is 0.0485. The summed E-state index contributed by atoms with van der Waals surface area (Å²) in [5.41, 5.74) is 6.52. The Labute approximate surface area is 121 Å². The normalized spacial score (nSPS) is 12.4. The third kappa shape index (κ3) is 3.25. The second kappa shape index (κ2) is 5.74. The van der Waals surface area contributed by atoms with Gasteiger partial charge in [0.15, 0.2) is 0 Å². The number of hydrogen-bond donors (Lipinski definition) is 3. The standard InChI is InChI=1S/C14H17N5O2/c1-14(2,13(15)19-21)8-17-12(20)11-7-16-9-5-3-4-6-10(9)18-11/h3-7,21H,8H2,1-2H3,(H2,15,19)(H,17,20). The second-order valence-electron chi connectivity index (χ2n) is 5.30. The number of nitrogens with two attached hydrogens (primary N) is 1. The number of aromatic nitrogens is 2. The molecule has 0 aliphatic heterocycles. The van der Waals surface area contributed by atoms with Crippen molar-refractivity contribution in [3.8, 4) is 0 Å². The summed E-state index contributed by atoms with van der Waals surface area (Å²) in [6.07, 6.45) is 1.42. The van der Waals surface area contributed by atoms with Gasteiger partial charge in [0.25, 0.3) is 5.91 Å². The zero-order chi connectivity index (χ0) is 15.5. The molecule has 7 nitrogen and oxygen atoms in total. The Morgan fingerprint density at radius 2 is 2.05 bits per heavy atom. The largest absolute Gasteiger partial charge is 0.409 e. The summed E-state index contributed by atoms with van der Waals surface area (Å²) in [5, 5.41) is 14.4. The maximum Gasteiger partial charge on any atom is 0.271 e. The summed E-state index contributed by atoms with van der Waals surface area (Å²) in [6.45, 7) is 3.74. The molecule has 2 rings (SSSR count). The molecule has 0 spiro atoms. The van der Waals surface area contributed by atoms with E-state index in [-0.39, 0.29) is 24.0 Å². The molecule has 0 unspecified atom stereocenters. The summed E-state index contributed by atoms with van der Waals surface area (Å²) in [7, 11) is 0. The first-order valence-electron chi connectivity index (χ1n) is 6.42. The quantitative estimate of drug-likeness (QED) is 0.337. The zero-order valence-corrected chi connectivity index (χ0v) is 11.9. The van der Waals surface area contributed by atoms with Crippen molar-refractivity contribution in [3.63, 3.8) is 0 Å². The van der Waals surface area contributed by atoms with Crippen LogP contribution >= 0.6 is 0 Å². The summed E-state index contributed by atoms with van der Waals surface area (Å²) >= 11 is 0. The SMILES string of the molecule is CC(C)(CNC(=O)c1cnc2ccccc2n1)/C(N)=N/O. The van der Waals surface area contributed by atoms with Crippen LogP contribution in [0.4, 0.5) is 0 Å². The van der Waals surface area contributed by atoms with Crippen LogP contribution in [-0.2, 0) is 0 Å². The van der Waals surface area contributed by atoms with Gasteiger partial charge in [0.2, 0.25) is 0 Å². The van der Waals surface area contributed by atoms with Crippen LogP contribution in [-0.4, -0.2) is 33.5 Å². The molecule has 21 heavy (non-hydrogen) atoms. The van der Waals surface area contributed by atoms with Crippen LogP contribution in [0, 0.1) is 5.41 Å². The van der Waals surface area contributed by atoms with E-state index in [9.17, 15) is 4.79 Å². The van der Waals surface area contributed by atoms with E-state index in [2.05, 4.69) is 20.4 Å². The van der Waals surface area contributed by atoms with E-state index in [1.807, 2.05) is 18.2 Å². The monoisotopic (exact) mass is 287 g/mol. The molecule has 0 atom stereocenters. The summed E-state index contributed by atoms with van der Waals surface area (Å²) in [5.74, 6) is -0.306. The van der Waals surface area contributed by atoms with E-state index >= 15 is 0 Å². The van der Waals surface area contributed by atoms with Gasteiger partial charge < -0.3 is 16.3 Å². The molecular weight excluding hydrogens is 270 g/mol. The van der Waals surface area contributed by atoms with Crippen molar-refractivity contribution in [1.29, 1.82) is 0 Å². The molecule has 1 heterocycles. The lowest BCUT2D eigenvalue weighted by Crippen LogP contribution is -2.42. The van der Waals surface area contributed by atoms with E-state index in [0.29, 0.717) is 5.52 Å². The fourth-order valence-electron chi connectivity index (χ4n) is 1.68. The van der Waals surface area contributed by atoms with Gasteiger partial charge in [-0.25, -0.2) is 4.98 Å². The van der Waals surface area contributed by atoms with Crippen LogP contribution in [0.15, 0.2) is 35.6 Å². The second-order valence-corrected chi connectivity index (χ2v) is 5.30. The lowest BCUT2D eigenvalue weighted by Gasteiger charge is -2.22. The van der Waals surface area contributed by atoms with E-state index in [4.69, 9.17) is 10.9 Å². The maximum absolute atomic E-state index is 12.1. The molecular formula is C14H17N5O2. The van der Waals surface area contributed by atoms with Crippen LogP contribution in [0.5, 0.6) is 0 Å². The van der Waals surface area contributed by atoms with Crippen LogP contribution < -0.4 is 11.1 Å². The Morgan fingerprint density at radius 1 is 1.38 bits per heavy atom. The van der Waals surface area contributed by atoms with Gasteiger partial charge >= 0.3 is 0 Å². The van der Waals surface area contributed by atoms with Crippen LogP contribution in [0.1, 0.15) is 24.3 Å². The first-order valence-corrected chi connectivity index (χ1v) is 6.42. The lowest BCUT2D eigenvalue weighted by atomic mass is 9.92. The maximum atomic E-state index is 12.1. The van der Waals surface area contributed by atoms with Gasteiger partial charge in [-0.2, -0.15) is 0 Å². The fourth-order valence-corrected chi connectivity index (χ4v) is 1.68. The summed E-state index contributed by atoms with van der Waals surface area (Å²) < 4.78 is 0. The van der Waals surface area contributed by atoms with Crippen molar-refractivity contribution in [2.75, 3.05) is 6.54 Å². The van der Waals surface area contributed by atoms with E-state index in [1.165, 1.54) is 6.20 Å². The molecule has 0 fully saturated rings. The third-order valence-electron chi connectivity index (χ3n) is 3.17. The average Bonchev–Trinajstić information content (AvgIpc) is 2.51. The highest BCUT2D eigenvalue weighted by atomic mass is 16.4. The van der Waals surface area contributed by atoms with E-state index in [0.717, 1.165) is 5.52 Å². The first kappa shape index (κ1) is 14.7. The molecule has 0 radical (unpaired) electrons. The number of hydrogen-bond acceptors (Lipinski definition) is 5. The molecule has 2 aromatic rings. The van der Waals surface area contributed by atoms with Crippen LogP contribution in [0.2, 0.25) is 0 Å². The molecule has 0 saturated carbocycles. The smallest absolute Gasteiger partial charge is 0.271 e. The Hall–Kier alpha value is -2.70. The highest BCUT2D eigenvalue weighted by molar-refractivity contribution is 5.94. The zero-order valence-electron chi connectivity index (χ0n) is 11.9. The molecule has 110 valence electrons. The molecule has 1 aromatic carbocycles. The minimum atomic E-state index is -0.658. The topological polar surface area (TPSA) is 113 Å². The Balaban J connectivity index is 2.12. The van der Waals surface area contributed by atoms with Gasteiger partial charge in [-0.05, 0) is 12.1 Å². The molecule has 7 heteroatoms. The van der Waals surface area contributed by atoms with Gasteiger partial charge in [0, 0.05) is 12.0 Å². The Kier molecular flexibility index (Phi) is 4.02. The van der Waals surface area contributed by atoms with Crippen molar-refractivity contribution in [3.05, 3.63) is 36.2 Å². The number of para-hydroxylation sites is 2. The van der Waals surface area contributed by atoms with Crippen LogP contribution in [0.3, 0.4) is 0 Å². The van der Waals surface area contributed by atoms with Gasteiger partial charge in [0.05, 0.1) is 17.2 Å². The Bertz CT molecular complexity index is 697. The van der Waals surface area contributed by atoms with Gasteiger partial charge in [-0.15, -0.1) is 0 Å². The van der Waals surface area contributed by atoms with Crippen LogP contribution in [0.25, 0.3) is 11.0 Å².